The number of rotatable bonds is 2. The molecule has 0 unspecified atom stereocenters. The van der Waals surface area contributed by atoms with Crippen LogP contribution in [-0.2, 0) is 4.79 Å². The number of anilines is 2. The largest absolute Gasteiger partial charge is 0.471 e. The molecule has 116 valence electrons. The second-order valence-electron chi connectivity index (χ2n) is 5.62. The molecule has 1 fully saturated rings. The molecule has 0 aromatic heterocycles. The lowest BCUT2D eigenvalue weighted by atomic mass is 9.98. The predicted octanol–water partition coefficient (Wildman–Crippen LogP) is 3.73. The van der Waals surface area contributed by atoms with Gasteiger partial charge in [-0.2, -0.15) is 13.2 Å². The van der Waals surface area contributed by atoms with Crippen molar-refractivity contribution in [1.29, 1.82) is 0 Å². The highest BCUT2D eigenvalue weighted by Crippen LogP contribution is 2.28. The fourth-order valence-corrected chi connectivity index (χ4v) is 2.54. The Morgan fingerprint density at radius 1 is 1.29 bits per heavy atom. The first kappa shape index (κ1) is 15.7. The van der Waals surface area contributed by atoms with E-state index in [1.165, 1.54) is 6.07 Å². The summed E-state index contributed by atoms with van der Waals surface area (Å²) in [6.45, 7) is 5.98. The lowest BCUT2D eigenvalue weighted by molar-refractivity contribution is -0.167. The number of aryl methyl sites for hydroxylation is 1. The van der Waals surface area contributed by atoms with E-state index in [1.807, 2.05) is 12.2 Å². The molecule has 21 heavy (non-hydrogen) atoms. The van der Waals surface area contributed by atoms with Gasteiger partial charge in [-0.15, -0.1) is 0 Å². The van der Waals surface area contributed by atoms with Gasteiger partial charge in [-0.05, 0) is 49.4 Å². The molecular formula is C15H19F3N2O. The molecule has 0 saturated carbocycles. The molecule has 0 radical (unpaired) electrons. The van der Waals surface area contributed by atoms with Crippen LogP contribution in [0, 0.1) is 12.8 Å². The highest BCUT2D eigenvalue weighted by molar-refractivity contribution is 5.95. The second-order valence-corrected chi connectivity index (χ2v) is 5.62. The summed E-state index contributed by atoms with van der Waals surface area (Å²) >= 11 is 0. The zero-order valence-corrected chi connectivity index (χ0v) is 12.1. The first-order valence-corrected chi connectivity index (χ1v) is 7.01. The number of amides is 1. The standard InChI is InChI=1S/C15H19F3N2O/c1-10-5-7-20(8-6-10)13-4-3-12(9-11(13)2)19-14(21)15(16,17)18/h3-4,9-10H,5-8H2,1-2H3,(H,19,21). The summed E-state index contributed by atoms with van der Waals surface area (Å²) in [7, 11) is 0. The van der Waals surface area contributed by atoms with Crippen molar-refractivity contribution in [2.24, 2.45) is 5.92 Å². The molecule has 1 heterocycles. The molecule has 2 rings (SSSR count). The van der Waals surface area contributed by atoms with Gasteiger partial charge in [0.1, 0.15) is 0 Å². The third-order valence-electron chi connectivity index (χ3n) is 3.84. The van der Waals surface area contributed by atoms with Gasteiger partial charge in [-0.3, -0.25) is 4.79 Å². The van der Waals surface area contributed by atoms with Crippen LogP contribution in [0.25, 0.3) is 0 Å². The highest BCUT2D eigenvalue weighted by Gasteiger charge is 2.38. The number of piperidine rings is 1. The average molecular weight is 300 g/mol. The van der Waals surface area contributed by atoms with E-state index >= 15 is 0 Å². The van der Waals surface area contributed by atoms with Crippen molar-refractivity contribution >= 4 is 17.3 Å². The van der Waals surface area contributed by atoms with Crippen molar-refractivity contribution in [3.05, 3.63) is 23.8 Å². The molecule has 0 bridgehead atoms. The summed E-state index contributed by atoms with van der Waals surface area (Å²) in [4.78, 5) is 13.2. The molecule has 1 aliphatic heterocycles. The van der Waals surface area contributed by atoms with Gasteiger partial charge in [0.25, 0.3) is 0 Å². The van der Waals surface area contributed by atoms with Crippen LogP contribution < -0.4 is 10.2 Å². The number of carbonyl (C=O) groups is 1. The van der Waals surface area contributed by atoms with Crippen LogP contribution in [0.4, 0.5) is 24.5 Å². The number of hydrogen-bond donors (Lipinski definition) is 1. The van der Waals surface area contributed by atoms with Crippen LogP contribution in [0.2, 0.25) is 0 Å². The Kier molecular flexibility index (Phi) is 4.44. The van der Waals surface area contributed by atoms with E-state index in [1.54, 1.807) is 12.1 Å². The maximum atomic E-state index is 12.2. The predicted molar refractivity (Wildman–Crippen MR) is 76.5 cm³/mol. The molecule has 1 amide bonds. The van der Waals surface area contributed by atoms with Crippen molar-refractivity contribution < 1.29 is 18.0 Å². The number of nitrogens with zero attached hydrogens (tertiary/aromatic N) is 1. The quantitative estimate of drug-likeness (QED) is 0.902. The van der Waals surface area contributed by atoms with Gasteiger partial charge in [-0.25, -0.2) is 0 Å². The minimum absolute atomic E-state index is 0.170. The Morgan fingerprint density at radius 2 is 1.90 bits per heavy atom. The Labute approximate surface area is 122 Å². The Bertz CT molecular complexity index is 520. The molecule has 6 heteroatoms. The van der Waals surface area contributed by atoms with Gasteiger partial charge < -0.3 is 10.2 Å². The van der Waals surface area contributed by atoms with Gasteiger partial charge in [0.15, 0.2) is 0 Å². The minimum atomic E-state index is -4.87. The summed E-state index contributed by atoms with van der Waals surface area (Å²) < 4.78 is 36.7. The van der Waals surface area contributed by atoms with Crippen molar-refractivity contribution in [3.63, 3.8) is 0 Å². The van der Waals surface area contributed by atoms with E-state index in [0.29, 0.717) is 5.92 Å². The number of halogens is 3. The molecule has 0 atom stereocenters. The number of hydrogen-bond acceptors (Lipinski definition) is 2. The Balaban J connectivity index is 2.09. The van der Waals surface area contributed by atoms with E-state index in [9.17, 15) is 18.0 Å². The molecule has 1 N–H and O–H groups in total. The lowest BCUT2D eigenvalue weighted by Crippen LogP contribution is -2.33. The van der Waals surface area contributed by atoms with Gasteiger partial charge in [0, 0.05) is 24.5 Å². The number of alkyl halides is 3. The van der Waals surface area contributed by atoms with Crippen molar-refractivity contribution in [1.82, 2.24) is 0 Å². The third kappa shape index (κ3) is 3.89. The van der Waals surface area contributed by atoms with Crippen molar-refractivity contribution in [2.45, 2.75) is 32.9 Å². The smallest absolute Gasteiger partial charge is 0.371 e. The van der Waals surface area contributed by atoms with E-state index < -0.39 is 12.1 Å². The molecule has 1 aromatic rings. The monoisotopic (exact) mass is 300 g/mol. The zero-order chi connectivity index (χ0) is 15.6. The van der Waals surface area contributed by atoms with Gasteiger partial charge >= 0.3 is 12.1 Å². The molecule has 0 spiro atoms. The van der Waals surface area contributed by atoms with E-state index in [2.05, 4.69) is 11.8 Å². The lowest BCUT2D eigenvalue weighted by Gasteiger charge is -2.33. The fraction of sp³-hybridized carbons (Fsp3) is 0.533. The minimum Gasteiger partial charge on any atom is -0.371 e. The first-order chi connectivity index (χ1) is 9.77. The van der Waals surface area contributed by atoms with Crippen molar-refractivity contribution in [2.75, 3.05) is 23.3 Å². The Morgan fingerprint density at radius 3 is 2.43 bits per heavy atom. The second kappa shape index (κ2) is 5.95. The van der Waals surface area contributed by atoms with Crippen LogP contribution >= 0.6 is 0 Å². The zero-order valence-electron chi connectivity index (χ0n) is 12.1. The SMILES string of the molecule is Cc1cc(NC(=O)C(F)(F)F)ccc1N1CCC(C)CC1. The number of nitrogens with one attached hydrogen (secondary N) is 1. The van der Waals surface area contributed by atoms with Crippen LogP contribution in [0.3, 0.4) is 0 Å². The molecule has 1 saturated heterocycles. The van der Waals surface area contributed by atoms with E-state index in [4.69, 9.17) is 0 Å². The van der Waals surface area contributed by atoms with E-state index in [0.717, 1.165) is 37.2 Å². The molecule has 3 nitrogen and oxygen atoms in total. The molecule has 0 aliphatic carbocycles. The maximum Gasteiger partial charge on any atom is 0.471 e. The Hall–Kier alpha value is -1.72. The highest BCUT2D eigenvalue weighted by atomic mass is 19.4. The molecular weight excluding hydrogens is 281 g/mol. The third-order valence-corrected chi connectivity index (χ3v) is 3.84. The number of carbonyl (C=O) groups excluding carboxylic acids is 1. The summed E-state index contributed by atoms with van der Waals surface area (Å²) in [5.41, 5.74) is 2.06. The topological polar surface area (TPSA) is 32.3 Å². The van der Waals surface area contributed by atoms with Crippen LogP contribution in [-0.4, -0.2) is 25.2 Å². The first-order valence-electron chi connectivity index (χ1n) is 7.01. The van der Waals surface area contributed by atoms with E-state index in [-0.39, 0.29) is 5.69 Å². The summed E-state index contributed by atoms with van der Waals surface area (Å²) in [6.07, 6.45) is -2.63. The summed E-state index contributed by atoms with van der Waals surface area (Å²) in [5.74, 6) is -1.23. The fourth-order valence-electron chi connectivity index (χ4n) is 2.54. The van der Waals surface area contributed by atoms with Crippen LogP contribution in [0.15, 0.2) is 18.2 Å². The van der Waals surface area contributed by atoms with Gasteiger partial charge in [0.05, 0.1) is 0 Å². The van der Waals surface area contributed by atoms with Gasteiger partial charge in [0.2, 0.25) is 0 Å². The summed E-state index contributed by atoms with van der Waals surface area (Å²) in [6, 6.07) is 4.87. The maximum absolute atomic E-state index is 12.2. The van der Waals surface area contributed by atoms with Crippen LogP contribution in [0.5, 0.6) is 0 Å². The van der Waals surface area contributed by atoms with Gasteiger partial charge in [-0.1, -0.05) is 6.92 Å². The van der Waals surface area contributed by atoms with Crippen LogP contribution in [0.1, 0.15) is 25.3 Å². The molecule has 1 aliphatic rings. The van der Waals surface area contributed by atoms with Crippen molar-refractivity contribution in [3.8, 4) is 0 Å². The summed E-state index contributed by atoms with van der Waals surface area (Å²) in [5, 5.41) is 1.88. The molecule has 1 aromatic carbocycles. The normalized spacial score (nSPS) is 16.9. The average Bonchev–Trinajstić information content (AvgIpc) is 2.39. The number of benzene rings is 1.